The summed E-state index contributed by atoms with van der Waals surface area (Å²) in [6.45, 7) is 6.77. The summed E-state index contributed by atoms with van der Waals surface area (Å²) in [6, 6.07) is 0. The molecule has 0 bridgehead atoms. The molecule has 0 aromatic rings. The molecule has 2 heteroatoms. The lowest BCUT2D eigenvalue weighted by Crippen LogP contribution is -2.15. The molecule has 0 rings (SSSR count). The molecule has 2 nitrogen and oxygen atoms in total. The van der Waals surface area contributed by atoms with Crippen molar-refractivity contribution in [3.8, 4) is 0 Å². The zero-order chi connectivity index (χ0) is 9.07. The van der Waals surface area contributed by atoms with Crippen LogP contribution in [-0.2, 0) is 4.79 Å². The van der Waals surface area contributed by atoms with Crippen LogP contribution in [0.5, 0.6) is 0 Å². The van der Waals surface area contributed by atoms with Gasteiger partial charge in [0.2, 0.25) is 0 Å². The van der Waals surface area contributed by atoms with Gasteiger partial charge in [-0.2, -0.15) is 0 Å². The van der Waals surface area contributed by atoms with E-state index in [9.17, 15) is 9.90 Å². The van der Waals surface area contributed by atoms with Gasteiger partial charge < -0.3 is 5.11 Å². The number of ketones is 1. The van der Waals surface area contributed by atoms with Crippen molar-refractivity contribution in [2.75, 3.05) is 0 Å². The smallest absolute Gasteiger partial charge is 0.133 e. The number of allylic oxidation sites excluding steroid dienone is 1. The molecule has 0 unspecified atom stereocenters. The molecular formula is C9H16O2. The van der Waals surface area contributed by atoms with Crippen molar-refractivity contribution < 1.29 is 9.90 Å². The summed E-state index contributed by atoms with van der Waals surface area (Å²) < 4.78 is 0. The SMILES string of the molecule is CC(=O)CC(C)=CC(C)(C)O. The zero-order valence-corrected chi connectivity index (χ0v) is 7.64. The van der Waals surface area contributed by atoms with Crippen molar-refractivity contribution >= 4 is 5.78 Å². The Morgan fingerprint density at radius 2 is 1.91 bits per heavy atom. The van der Waals surface area contributed by atoms with Crippen LogP contribution in [0.4, 0.5) is 0 Å². The predicted molar refractivity (Wildman–Crippen MR) is 45.4 cm³/mol. The molecule has 0 aromatic carbocycles. The van der Waals surface area contributed by atoms with Gasteiger partial charge in [0.05, 0.1) is 5.60 Å². The molecule has 0 aliphatic heterocycles. The summed E-state index contributed by atoms with van der Waals surface area (Å²) in [5.41, 5.74) is 0.115. The largest absolute Gasteiger partial charge is 0.386 e. The zero-order valence-electron chi connectivity index (χ0n) is 7.64. The molecule has 0 aromatic heterocycles. The molecule has 0 fully saturated rings. The maximum absolute atomic E-state index is 10.6. The van der Waals surface area contributed by atoms with E-state index in [4.69, 9.17) is 0 Å². The molecule has 0 saturated carbocycles. The third-order valence-corrected chi connectivity index (χ3v) is 1.13. The highest BCUT2D eigenvalue weighted by atomic mass is 16.3. The van der Waals surface area contributed by atoms with Crippen LogP contribution in [0.25, 0.3) is 0 Å². The first kappa shape index (κ1) is 10.4. The number of Topliss-reactive ketones (excluding diaryl/α,β-unsaturated/α-hetero) is 1. The number of carbonyl (C=O) groups is 1. The van der Waals surface area contributed by atoms with Crippen molar-refractivity contribution in [3.63, 3.8) is 0 Å². The van der Waals surface area contributed by atoms with Gasteiger partial charge in [-0.05, 0) is 27.7 Å². The summed E-state index contributed by atoms with van der Waals surface area (Å²) in [5.74, 6) is 0.128. The molecule has 64 valence electrons. The Bertz CT molecular complexity index is 172. The number of aliphatic hydroxyl groups is 1. The lowest BCUT2D eigenvalue weighted by atomic mass is 10.0. The Morgan fingerprint density at radius 1 is 1.45 bits per heavy atom. The van der Waals surface area contributed by atoms with Crippen LogP contribution in [0.2, 0.25) is 0 Å². The first-order valence-corrected chi connectivity index (χ1v) is 3.71. The van der Waals surface area contributed by atoms with Crippen molar-refractivity contribution in [1.29, 1.82) is 0 Å². The summed E-state index contributed by atoms with van der Waals surface area (Å²) in [5, 5.41) is 9.31. The van der Waals surface area contributed by atoms with Gasteiger partial charge in [0.15, 0.2) is 0 Å². The third kappa shape index (κ3) is 7.26. The monoisotopic (exact) mass is 156 g/mol. The molecule has 0 radical (unpaired) electrons. The predicted octanol–water partition coefficient (Wildman–Crippen LogP) is 1.68. The van der Waals surface area contributed by atoms with Gasteiger partial charge in [-0.1, -0.05) is 11.6 Å². The van der Waals surface area contributed by atoms with Crippen molar-refractivity contribution in [1.82, 2.24) is 0 Å². The van der Waals surface area contributed by atoms with Gasteiger partial charge in [-0.15, -0.1) is 0 Å². The molecule has 0 heterocycles. The molecule has 0 aliphatic rings. The van der Waals surface area contributed by atoms with E-state index in [1.807, 2.05) is 6.92 Å². The minimum Gasteiger partial charge on any atom is -0.386 e. The molecule has 0 saturated heterocycles. The van der Waals surface area contributed by atoms with Gasteiger partial charge in [-0.25, -0.2) is 0 Å². The molecule has 0 atom stereocenters. The van der Waals surface area contributed by atoms with E-state index >= 15 is 0 Å². The van der Waals surface area contributed by atoms with E-state index in [-0.39, 0.29) is 5.78 Å². The van der Waals surface area contributed by atoms with E-state index in [2.05, 4.69) is 0 Å². The fraction of sp³-hybridized carbons (Fsp3) is 0.667. The summed E-state index contributed by atoms with van der Waals surface area (Å²) in [4.78, 5) is 10.6. The van der Waals surface area contributed by atoms with Gasteiger partial charge in [-0.3, -0.25) is 4.79 Å². The molecule has 11 heavy (non-hydrogen) atoms. The van der Waals surface area contributed by atoms with Crippen LogP contribution in [0, 0.1) is 0 Å². The van der Waals surface area contributed by atoms with Crippen LogP contribution in [0.15, 0.2) is 11.6 Å². The first-order chi connectivity index (χ1) is 4.81. The average molecular weight is 156 g/mol. The average Bonchev–Trinajstić information content (AvgIpc) is 1.53. The Balaban J connectivity index is 4.12. The van der Waals surface area contributed by atoms with Gasteiger partial charge in [0.25, 0.3) is 0 Å². The lowest BCUT2D eigenvalue weighted by molar-refractivity contribution is -0.116. The summed E-state index contributed by atoms with van der Waals surface area (Å²) in [6.07, 6.45) is 2.14. The maximum atomic E-state index is 10.6. The van der Waals surface area contributed by atoms with Crippen LogP contribution < -0.4 is 0 Å². The van der Waals surface area contributed by atoms with E-state index in [1.54, 1.807) is 26.8 Å². The fourth-order valence-corrected chi connectivity index (χ4v) is 1.05. The summed E-state index contributed by atoms with van der Waals surface area (Å²) >= 11 is 0. The quantitative estimate of drug-likeness (QED) is 0.631. The standard InChI is InChI=1S/C9H16O2/c1-7(5-8(2)10)6-9(3,4)11/h6,11H,5H2,1-4H3. The van der Waals surface area contributed by atoms with Gasteiger partial charge in [0, 0.05) is 6.42 Å². The van der Waals surface area contributed by atoms with E-state index in [0.29, 0.717) is 6.42 Å². The molecular weight excluding hydrogens is 140 g/mol. The lowest BCUT2D eigenvalue weighted by Gasteiger charge is -2.12. The van der Waals surface area contributed by atoms with E-state index in [1.165, 1.54) is 0 Å². The van der Waals surface area contributed by atoms with Crippen LogP contribution >= 0.6 is 0 Å². The molecule has 1 N–H and O–H groups in total. The van der Waals surface area contributed by atoms with E-state index in [0.717, 1.165) is 5.57 Å². The second-order valence-corrected chi connectivity index (χ2v) is 3.52. The van der Waals surface area contributed by atoms with Crippen LogP contribution in [-0.4, -0.2) is 16.5 Å². The van der Waals surface area contributed by atoms with E-state index < -0.39 is 5.60 Å². The number of hydrogen-bond acceptors (Lipinski definition) is 2. The normalized spacial score (nSPS) is 13.4. The van der Waals surface area contributed by atoms with Crippen molar-refractivity contribution in [2.24, 2.45) is 0 Å². The topological polar surface area (TPSA) is 37.3 Å². The Labute approximate surface area is 67.9 Å². The highest BCUT2D eigenvalue weighted by molar-refractivity contribution is 5.77. The second-order valence-electron chi connectivity index (χ2n) is 3.52. The van der Waals surface area contributed by atoms with Gasteiger partial charge >= 0.3 is 0 Å². The fourth-order valence-electron chi connectivity index (χ4n) is 1.05. The summed E-state index contributed by atoms with van der Waals surface area (Å²) in [7, 11) is 0. The Kier molecular flexibility index (Phi) is 3.46. The number of carbonyl (C=O) groups excluding carboxylic acids is 1. The van der Waals surface area contributed by atoms with Crippen LogP contribution in [0.3, 0.4) is 0 Å². The third-order valence-electron chi connectivity index (χ3n) is 1.13. The van der Waals surface area contributed by atoms with Crippen molar-refractivity contribution in [3.05, 3.63) is 11.6 Å². The number of hydrogen-bond donors (Lipinski definition) is 1. The van der Waals surface area contributed by atoms with Crippen molar-refractivity contribution in [2.45, 2.75) is 39.7 Å². The maximum Gasteiger partial charge on any atom is 0.133 e. The minimum absolute atomic E-state index is 0.128. The molecule has 0 spiro atoms. The molecule has 0 aliphatic carbocycles. The number of rotatable bonds is 3. The highest BCUT2D eigenvalue weighted by Gasteiger charge is 2.08. The molecule has 0 amide bonds. The van der Waals surface area contributed by atoms with Gasteiger partial charge in [0.1, 0.15) is 5.78 Å². The minimum atomic E-state index is -0.806. The van der Waals surface area contributed by atoms with Crippen LogP contribution in [0.1, 0.15) is 34.1 Å². The highest BCUT2D eigenvalue weighted by Crippen LogP contribution is 2.09. The first-order valence-electron chi connectivity index (χ1n) is 3.71. The Hall–Kier alpha value is -0.630. The second kappa shape index (κ2) is 3.67. The Morgan fingerprint density at radius 3 is 2.18 bits per heavy atom.